The molecule has 0 N–H and O–H groups in total. The van der Waals surface area contributed by atoms with Gasteiger partial charge in [0.15, 0.2) is 5.16 Å². The van der Waals surface area contributed by atoms with Crippen LogP contribution in [0.25, 0.3) is 15.9 Å². The van der Waals surface area contributed by atoms with Gasteiger partial charge in [-0.15, -0.1) is 11.3 Å². The number of thiophene rings is 1. The van der Waals surface area contributed by atoms with Gasteiger partial charge in [0.2, 0.25) is 0 Å². The standard InChI is InChI=1S/C19H13ClN2OS2/c20-15-9-5-4-6-13(15)12-25-19-21-16-10-11-24-17(16)18(23)22(19)14-7-2-1-3-8-14/h1-11H,12H2. The number of hydrogen-bond donors (Lipinski definition) is 0. The molecule has 0 atom stereocenters. The molecular formula is C19H13ClN2OS2. The Morgan fingerprint density at radius 2 is 1.80 bits per heavy atom. The van der Waals surface area contributed by atoms with Crippen LogP contribution in [0.15, 0.2) is 76.0 Å². The van der Waals surface area contributed by atoms with Gasteiger partial charge in [0, 0.05) is 10.8 Å². The van der Waals surface area contributed by atoms with Gasteiger partial charge in [0.25, 0.3) is 5.56 Å². The van der Waals surface area contributed by atoms with E-state index in [9.17, 15) is 4.79 Å². The van der Waals surface area contributed by atoms with Crippen molar-refractivity contribution in [3.8, 4) is 5.69 Å². The summed E-state index contributed by atoms with van der Waals surface area (Å²) < 4.78 is 2.35. The number of hydrogen-bond acceptors (Lipinski definition) is 4. The van der Waals surface area contributed by atoms with Crippen molar-refractivity contribution in [3.63, 3.8) is 0 Å². The number of rotatable bonds is 4. The molecule has 0 aliphatic rings. The van der Waals surface area contributed by atoms with Crippen molar-refractivity contribution in [1.29, 1.82) is 0 Å². The van der Waals surface area contributed by atoms with Crippen molar-refractivity contribution in [1.82, 2.24) is 9.55 Å². The van der Waals surface area contributed by atoms with Gasteiger partial charge in [-0.1, -0.05) is 59.8 Å². The minimum Gasteiger partial charge on any atom is -0.267 e. The Hall–Kier alpha value is -2.08. The van der Waals surface area contributed by atoms with Crippen LogP contribution in [0, 0.1) is 0 Å². The van der Waals surface area contributed by atoms with Gasteiger partial charge in [-0.05, 0) is 35.2 Å². The maximum atomic E-state index is 13.0. The number of aromatic nitrogens is 2. The molecule has 0 bridgehead atoms. The van der Waals surface area contributed by atoms with Crippen LogP contribution in [0.5, 0.6) is 0 Å². The van der Waals surface area contributed by atoms with Gasteiger partial charge in [0.05, 0.1) is 11.2 Å². The summed E-state index contributed by atoms with van der Waals surface area (Å²) in [7, 11) is 0. The number of thioether (sulfide) groups is 1. The van der Waals surface area contributed by atoms with Crippen LogP contribution in [-0.4, -0.2) is 9.55 Å². The van der Waals surface area contributed by atoms with E-state index >= 15 is 0 Å². The lowest BCUT2D eigenvalue weighted by molar-refractivity contribution is 0.822. The maximum Gasteiger partial charge on any atom is 0.276 e. The van der Waals surface area contributed by atoms with Crippen LogP contribution in [-0.2, 0) is 5.75 Å². The molecule has 6 heteroatoms. The predicted molar refractivity (Wildman–Crippen MR) is 106 cm³/mol. The molecule has 0 saturated carbocycles. The van der Waals surface area contributed by atoms with Crippen molar-refractivity contribution >= 4 is 44.9 Å². The number of nitrogens with zero attached hydrogens (tertiary/aromatic N) is 2. The summed E-state index contributed by atoms with van der Waals surface area (Å²) in [5.41, 5.74) is 2.54. The van der Waals surface area contributed by atoms with E-state index in [2.05, 4.69) is 0 Å². The molecule has 3 nitrogen and oxygen atoms in total. The molecule has 124 valence electrons. The largest absolute Gasteiger partial charge is 0.276 e. The van der Waals surface area contributed by atoms with Crippen LogP contribution in [0.1, 0.15) is 5.56 Å². The van der Waals surface area contributed by atoms with Crippen molar-refractivity contribution in [2.45, 2.75) is 10.9 Å². The second-order valence-electron chi connectivity index (χ2n) is 5.39. The van der Waals surface area contributed by atoms with E-state index in [0.717, 1.165) is 21.8 Å². The van der Waals surface area contributed by atoms with Gasteiger partial charge in [-0.3, -0.25) is 9.36 Å². The monoisotopic (exact) mass is 384 g/mol. The van der Waals surface area contributed by atoms with Crippen molar-refractivity contribution in [2.24, 2.45) is 0 Å². The lowest BCUT2D eigenvalue weighted by Crippen LogP contribution is -2.20. The molecule has 0 aliphatic carbocycles. The fourth-order valence-corrected chi connectivity index (χ4v) is 4.61. The predicted octanol–water partition coefficient (Wildman–Crippen LogP) is 5.39. The zero-order valence-electron chi connectivity index (χ0n) is 13.1. The summed E-state index contributed by atoms with van der Waals surface area (Å²) in [4.78, 5) is 17.7. The van der Waals surface area contributed by atoms with E-state index in [1.54, 1.807) is 4.57 Å². The normalized spacial score (nSPS) is 11.1. The Balaban J connectivity index is 1.82. The van der Waals surface area contributed by atoms with Crippen molar-refractivity contribution < 1.29 is 0 Å². The third-order valence-electron chi connectivity index (χ3n) is 3.78. The second-order valence-corrected chi connectivity index (χ2v) is 7.65. The first kappa shape index (κ1) is 16.4. The molecule has 2 heterocycles. The van der Waals surface area contributed by atoms with E-state index in [4.69, 9.17) is 16.6 Å². The molecule has 0 aliphatic heterocycles. The molecule has 0 amide bonds. The first-order chi connectivity index (χ1) is 12.2. The fourth-order valence-electron chi connectivity index (χ4n) is 2.55. The molecule has 0 spiro atoms. The smallest absolute Gasteiger partial charge is 0.267 e. The first-order valence-corrected chi connectivity index (χ1v) is 9.90. The van der Waals surface area contributed by atoms with Crippen LogP contribution in [0.3, 0.4) is 0 Å². The zero-order valence-corrected chi connectivity index (χ0v) is 15.4. The van der Waals surface area contributed by atoms with E-state index in [1.165, 1.54) is 23.1 Å². The maximum absolute atomic E-state index is 13.0. The number of para-hydroxylation sites is 1. The zero-order chi connectivity index (χ0) is 17.2. The van der Waals surface area contributed by atoms with Gasteiger partial charge >= 0.3 is 0 Å². The Bertz CT molecular complexity index is 1090. The summed E-state index contributed by atoms with van der Waals surface area (Å²) in [5, 5.41) is 3.29. The molecule has 0 radical (unpaired) electrons. The highest BCUT2D eigenvalue weighted by atomic mass is 35.5. The van der Waals surface area contributed by atoms with Crippen LogP contribution >= 0.6 is 34.7 Å². The number of benzene rings is 2. The summed E-state index contributed by atoms with van der Waals surface area (Å²) in [5.74, 6) is 0.647. The Kier molecular flexibility index (Phi) is 4.61. The number of halogens is 1. The van der Waals surface area contributed by atoms with Gasteiger partial charge in [-0.2, -0.15) is 0 Å². The average Bonchev–Trinajstić information content (AvgIpc) is 3.11. The molecular weight excluding hydrogens is 372 g/mol. The van der Waals surface area contributed by atoms with Crippen LogP contribution in [0.2, 0.25) is 5.02 Å². The minimum atomic E-state index is -0.0344. The van der Waals surface area contributed by atoms with Crippen LogP contribution < -0.4 is 5.56 Å². The lowest BCUT2D eigenvalue weighted by Gasteiger charge is -2.12. The van der Waals surface area contributed by atoms with E-state index < -0.39 is 0 Å². The Morgan fingerprint density at radius 3 is 2.60 bits per heavy atom. The highest BCUT2D eigenvalue weighted by Gasteiger charge is 2.14. The minimum absolute atomic E-state index is 0.0344. The third-order valence-corrected chi connectivity index (χ3v) is 6.03. The summed E-state index contributed by atoms with van der Waals surface area (Å²) >= 11 is 9.19. The molecule has 0 fully saturated rings. The van der Waals surface area contributed by atoms with Crippen molar-refractivity contribution in [3.05, 3.63) is 87.0 Å². The van der Waals surface area contributed by atoms with Gasteiger partial charge in [-0.25, -0.2) is 4.98 Å². The van der Waals surface area contributed by atoms with Gasteiger partial charge in [0.1, 0.15) is 4.70 Å². The Morgan fingerprint density at radius 1 is 1.04 bits per heavy atom. The summed E-state index contributed by atoms with van der Waals surface area (Å²) in [6.07, 6.45) is 0. The molecule has 4 aromatic rings. The highest BCUT2D eigenvalue weighted by molar-refractivity contribution is 7.98. The van der Waals surface area contributed by atoms with E-state index in [-0.39, 0.29) is 5.56 Å². The van der Waals surface area contributed by atoms with Gasteiger partial charge < -0.3 is 0 Å². The molecule has 25 heavy (non-hydrogen) atoms. The molecule has 2 aromatic heterocycles. The molecule has 0 saturated heterocycles. The van der Waals surface area contributed by atoms with E-state index in [0.29, 0.717) is 15.6 Å². The topological polar surface area (TPSA) is 34.9 Å². The average molecular weight is 385 g/mol. The fraction of sp³-hybridized carbons (Fsp3) is 0.0526. The molecule has 0 unspecified atom stereocenters. The second kappa shape index (κ2) is 7.04. The van der Waals surface area contributed by atoms with E-state index in [1.807, 2.05) is 66.0 Å². The molecule has 2 aromatic carbocycles. The first-order valence-electron chi connectivity index (χ1n) is 7.66. The van der Waals surface area contributed by atoms with Crippen molar-refractivity contribution in [2.75, 3.05) is 0 Å². The Labute approximate surface area is 157 Å². The van der Waals surface area contributed by atoms with Crippen LogP contribution in [0.4, 0.5) is 0 Å². The highest BCUT2D eigenvalue weighted by Crippen LogP contribution is 2.28. The number of fused-ring (bicyclic) bond motifs is 1. The lowest BCUT2D eigenvalue weighted by atomic mass is 10.2. The SMILES string of the molecule is O=c1c2sccc2nc(SCc2ccccc2Cl)n1-c1ccccc1. The molecule has 4 rings (SSSR count). The quantitative estimate of drug-likeness (QED) is 0.349. The third kappa shape index (κ3) is 3.23. The summed E-state index contributed by atoms with van der Waals surface area (Å²) in [6, 6.07) is 19.2. The summed E-state index contributed by atoms with van der Waals surface area (Å²) in [6.45, 7) is 0.